The summed E-state index contributed by atoms with van der Waals surface area (Å²) in [6.07, 6.45) is 1.91. The Kier molecular flexibility index (Phi) is 6.24. The zero-order valence-corrected chi connectivity index (χ0v) is 15.9. The molecular formula is C21H23F3N2O2. The van der Waals surface area contributed by atoms with Crippen LogP contribution in [0.25, 0.3) is 0 Å². The quantitative estimate of drug-likeness (QED) is 0.813. The number of rotatable bonds is 5. The van der Waals surface area contributed by atoms with Crippen molar-refractivity contribution in [3.63, 3.8) is 0 Å². The van der Waals surface area contributed by atoms with Gasteiger partial charge in [0.05, 0.1) is 0 Å². The van der Waals surface area contributed by atoms with Crippen molar-refractivity contribution in [3.8, 4) is 5.75 Å². The molecule has 0 atom stereocenters. The molecule has 4 nitrogen and oxygen atoms in total. The number of anilines is 1. The summed E-state index contributed by atoms with van der Waals surface area (Å²) in [5, 5.41) is 2.45. The zero-order chi connectivity index (χ0) is 20.3. The Morgan fingerprint density at radius 2 is 1.79 bits per heavy atom. The minimum atomic E-state index is -1.25. The number of hydrogen-bond donors (Lipinski definition) is 1. The van der Waals surface area contributed by atoms with E-state index < -0.39 is 28.9 Å². The Bertz CT molecular complexity index is 842. The van der Waals surface area contributed by atoms with Gasteiger partial charge in [-0.2, -0.15) is 0 Å². The summed E-state index contributed by atoms with van der Waals surface area (Å²) in [6.45, 7) is 6.98. The molecule has 0 radical (unpaired) electrons. The molecule has 28 heavy (non-hydrogen) atoms. The first-order chi connectivity index (χ1) is 13.4. The predicted octanol–water partition coefficient (Wildman–Crippen LogP) is 4.53. The van der Waals surface area contributed by atoms with E-state index in [-0.39, 0.29) is 6.10 Å². The van der Waals surface area contributed by atoms with Crippen LogP contribution in [0.5, 0.6) is 5.75 Å². The highest BCUT2D eigenvalue weighted by Crippen LogP contribution is 2.27. The summed E-state index contributed by atoms with van der Waals surface area (Å²) in [7, 11) is 0. The van der Waals surface area contributed by atoms with E-state index >= 15 is 0 Å². The van der Waals surface area contributed by atoms with Gasteiger partial charge in [0.2, 0.25) is 0 Å². The largest absolute Gasteiger partial charge is 0.490 e. The Balaban J connectivity index is 1.72. The smallest absolute Gasteiger partial charge is 0.261 e. The maximum atomic E-state index is 13.8. The lowest BCUT2D eigenvalue weighted by Gasteiger charge is -2.31. The van der Waals surface area contributed by atoms with Crippen LogP contribution in [-0.4, -0.2) is 36.5 Å². The Labute approximate surface area is 162 Å². The number of piperidine rings is 1. The summed E-state index contributed by atoms with van der Waals surface area (Å²) in [6, 6.07) is 5.98. The van der Waals surface area contributed by atoms with Crippen molar-refractivity contribution >= 4 is 11.6 Å². The first-order valence-corrected chi connectivity index (χ1v) is 9.33. The number of amides is 1. The molecule has 2 aromatic rings. The molecule has 7 heteroatoms. The van der Waals surface area contributed by atoms with Crippen molar-refractivity contribution in [2.24, 2.45) is 0 Å². The van der Waals surface area contributed by atoms with Gasteiger partial charge in [0.1, 0.15) is 34.9 Å². The van der Waals surface area contributed by atoms with Gasteiger partial charge >= 0.3 is 0 Å². The molecule has 1 heterocycles. The summed E-state index contributed by atoms with van der Waals surface area (Å²) in [5.74, 6) is -3.94. The normalized spacial score (nSPS) is 15.5. The second kappa shape index (κ2) is 8.65. The van der Waals surface area contributed by atoms with E-state index in [2.05, 4.69) is 17.1 Å². The monoisotopic (exact) mass is 392 g/mol. The maximum absolute atomic E-state index is 13.8. The highest BCUT2D eigenvalue weighted by molar-refractivity contribution is 6.04. The Morgan fingerprint density at radius 3 is 2.39 bits per heavy atom. The van der Waals surface area contributed by atoms with E-state index in [4.69, 9.17) is 4.74 Å². The third-order valence-electron chi connectivity index (χ3n) is 4.96. The van der Waals surface area contributed by atoms with Crippen molar-refractivity contribution < 1.29 is 22.7 Å². The minimum Gasteiger partial charge on any atom is -0.490 e. The lowest BCUT2D eigenvalue weighted by molar-refractivity contribution is 0.101. The summed E-state index contributed by atoms with van der Waals surface area (Å²) < 4.78 is 46.7. The lowest BCUT2D eigenvalue weighted by Crippen LogP contribution is -2.38. The molecule has 150 valence electrons. The van der Waals surface area contributed by atoms with Gasteiger partial charge in [-0.3, -0.25) is 4.79 Å². The van der Waals surface area contributed by atoms with Gasteiger partial charge in [-0.15, -0.1) is 0 Å². The van der Waals surface area contributed by atoms with Gasteiger partial charge in [-0.05, 0) is 37.9 Å². The highest BCUT2D eigenvalue weighted by Gasteiger charge is 2.21. The number of aryl methyl sites for hydroxylation is 1. The topological polar surface area (TPSA) is 41.6 Å². The standard InChI is InChI=1S/C21H23F3N2O2/c1-3-26-8-6-16(7-9-26)28-19-12-15(5-4-13(19)2)25-21(27)20-17(23)10-14(22)11-18(20)24/h4-5,10-12,16H,3,6-9H2,1-2H3,(H,25,27). The molecule has 0 spiro atoms. The fraction of sp³-hybridized carbons (Fsp3) is 0.381. The molecule has 1 aliphatic rings. The van der Waals surface area contributed by atoms with Crippen molar-refractivity contribution in [1.82, 2.24) is 4.90 Å². The predicted molar refractivity (Wildman–Crippen MR) is 101 cm³/mol. The van der Waals surface area contributed by atoms with E-state index in [1.54, 1.807) is 18.2 Å². The molecule has 2 aromatic carbocycles. The molecular weight excluding hydrogens is 369 g/mol. The third kappa shape index (κ3) is 4.65. The van der Waals surface area contributed by atoms with Gasteiger partial charge in [-0.1, -0.05) is 13.0 Å². The number of hydrogen-bond acceptors (Lipinski definition) is 3. The Morgan fingerprint density at radius 1 is 1.14 bits per heavy atom. The van der Waals surface area contributed by atoms with Gasteiger partial charge in [0, 0.05) is 37.0 Å². The van der Waals surface area contributed by atoms with E-state index in [9.17, 15) is 18.0 Å². The average molecular weight is 392 g/mol. The maximum Gasteiger partial charge on any atom is 0.261 e. The summed E-state index contributed by atoms with van der Waals surface area (Å²) in [4.78, 5) is 14.6. The first kappa shape index (κ1) is 20.2. The first-order valence-electron chi connectivity index (χ1n) is 9.33. The third-order valence-corrected chi connectivity index (χ3v) is 4.96. The SMILES string of the molecule is CCN1CCC(Oc2cc(NC(=O)c3c(F)cc(F)cc3F)ccc2C)CC1. The molecule has 1 aliphatic heterocycles. The lowest BCUT2D eigenvalue weighted by atomic mass is 10.1. The molecule has 1 fully saturated rings. The van der Waals surface area contributed by atoms with Gasteiger partial charge < -0.3 is 15.0 Å². The van der Waals surface area contributed by atoms with Crippen LogP contribution in [0.4, 0.5) is 18.9 Å². The van der Waals surface area contributed by atoms with Gasteiger partial charge in [0.25, 0.3) is 5.91 Å². The number of carbonyl (C=O) groups excluding carboxylic acids is 1. The molecule has 1 N–H and O–H groups in total. The molecule has 0 saturated carbocycles. The molecule has 3 rings (SSSR count). The van der Waals surface area contributed by atoms with Crippen molar-refractivity contribution in [2.75, 3.05) is 25.0 Å². The number of nitrogens with zero attached hydrogens (tertiary/aromatic N) is 1. The number of halogens is 3. The number of benzene rings is 2. The van der Waals surface area contributed by atoms with Crippen LogP contribution in [0.2, 0.25) is 0 Å². The highest BCUT2D eigenvalue weighted by atomic mass is 19.1. The van der Waals surface area contributed by atoms with E-state index in [0.29, 0.717) is 23.6 Å². The number of ether oxygens (including phenoxy) is 1. The summed E-state index contributed by atoms with van der Waals surface area (Å²) >= 11 is 0. The minimum absolute atomic E-state index is 0.0828. The van der Waals surface area contributed by atoms with Crippen molar-refractivity contribution in [2.45, 2.75) is 32.8 Å². The van der Waals surface area contributed by atoms with Crippen molar-refractivity contribution in [1.29, 1.82) is 0 Å². The second-order valence-corrected chi connectivity index (χ2v) is 6.93. The van der Waals surface area contributed by atoms with Crippen LogP contribution >= 0.6 is 0 Å². The molecule has 0 bridgehead atoms. The van der Waals surface area contributed by atoms with Crippen LogP contribution in [0.15, 0.2) is 30.3 Å². The fourth-order valence-corrected chi connectivity index (χ4v) is 3.28. The van der Waals surface area contributed by atoms with E-state index in [0.717, 1.165) is 38.0 Å². The molecule has 1 saturated heterocycles. The zero-order valence-electron chi connectivity index (χ0n) is 15.9. The average Bonchev–Trinajstić information content (AvgIpc) is 2.64. The summed E-state index contributed by atoms with van der Waals surface area (Å²) in [5.41, 5.74) is 0.422. The molecule has 0 aliphatic carbocycles. The second-order valence-electron chi connectivity index (χ2n) is 6.93. The number of likely N-dealkylation sites (tertiary alicyclic amines) is 1. The van der Waals surface area contributed by atoms with Crippen LogP contribution in [0.1, 0.15) is 35.7 Å². The number of carbonyl (C=O) groups is 1. The van der Waals surface area contributed by atoms with E-state index in [1.165, 1.54) is 0 Å². The fourth-order valence-electron chi connectivity index (χ4n) is 3.28. The van der Waals surface area contributed by atoms with E-state index in [1.807, 2.05) is 6.92 Å². The van der Waals surface area contributed by atoms with Gasteiger partial charge in [-0.25, -0.2) is 13.2 Å². The van der Waals surface area contributed by atoms with Crippen LogP contribution in [0, 0.1) is 24.4 Å². The molecule has 1 amide bonds. The van der Waals surface area contributed by atoms with Crippen LogP contribution in [-0.2, 0) is 0 Å². The number of nitrogens with one attached hydrogen (secondary N) is 1. The van der Waals surface area contributed by atoms with Crippen LogP contribution < -0.4 is 10.1 Å². The van der Waals surface area contributed by atoms with Gasteiger partial charge in [0.15, 0.2) is 0 Å². The van der Waals surface area contributed by atoms with Crippen LogP contribution in [0.3, 0.4) is 0 Å². The Hall–Kier alpha value is -2.54. The van der Waals surface area contributed by atoms with Crippen molar-refractivity contribution in [3.05, 3.63) is 58.9 Å². The molecule has 0 unspecified atom stereocenters. The molecule has 0 aromatic heterocycles.